The van der Waals surface area contributed by atoms with Crippen molar-refractivity contribution >= 4 is 52.3 Å². The zero-order valence-electron chi connectivity index (χ0n) is 23.8. The lowest BCUT2D eigenvalue weighted by Crippen LogP contribution is -2.40. The van der Waals surface area contributed by atoms with Crippen molar-refractivity contribution in [3.63, 3.8) is 0 Å². The van der Waals surface area contributed by atoms with Crippen LogP contribution < -0.4 is 13.3 Å². The summed E-state index contributed by atoms with van der Waals surface area (Å²) in [6, 6.07) is 16.9. The number of nitrogens with one attached hydrogen (secondary N) is 1. The molecule has 0 radical (unpaired) electrons. The number of aryl methyl sites for hydroxylation is 2. The van der Waals surface area contributed by atoms with Crippen molar-refractivity contribution in [1.29, 1.82) is 0 Å². The number of rotatable bonds is 11. The molecule has 0 fully saturated rings. The Kier molecular flexibility index (Phi) is 9.30. The molecular formula is C28H29F3N4O6S3. The zero-order valence-corrected chi connectivity index (χ0v) is 26.2. The molecule has 4 rings (SSSR count). The molecule has 3 aromatic carbocycles. The lowest BCUT2D eigenvalue weighted by molar-refractivity contribution is -0.117. The lowest BCUT2D eigenvalue weighted by atomic mass is 10.1. The molecule has 10 nitrogen and oxygen atoms in total. The Hall–Kier alpha value is -3.73. The first-order valence-electron chi connectivity index (χ1n) is 13.0. The van der Waals surface area contributed by atoms with Crippen LogP contribution in [-0.4, -0.2) is 62.3 Å². The van der Waals surface area contributed by atoms with Gasteiger partial charge in [0.05, 0.1) is 27.9 Å². The van der Waals surface area contributed by atoms with Crippen molar-refractivity contribution < 1.29 is 38.4 Å². The summed E-state index contributed by atoms with van der Waals surface area (Å²) in [4.78, 5) is 3.68. The molecule has 0 saturated carbocycles. The van der Waals surface area contributed by atoms with E-state index in [0.29, 0.717) is 5.56 Å². The highest BCUT2D eigenvalue weighted by atomic mass is 32.2. The SMILES string of the molecule is Cc1ccc(S(=O)(=O)N(CC(F)(F)F)c2cnc(N(CCNS(C)(=O)=O)S(=O)(=O)c3ccc(C)cc3)c3ccccc23)cc1. The predicted molar refractivity (Wildman–Crippen MR) is 162 cm³/mol. The van der Waals surface area contributed by atoms with Crippen LogP contribution in [-0.2, 0) is 30.1 Å². The highest BCUT2D eigenvalue weighted by Crippen LogP contribution is 2.38. The highest BCUT2D eigenvalue weighted by Gasteiger charge is 2.39. The van der Waals surface area contributed by atoms with Gasteiger partial charge in [0.2, 0.25) is 10.0 Å². The molecule has 236 valence electrons. The van der Waals surface area contributed by atoms with Crippen LogP contribution in [0.25, 0.3) is 10.8 Å². The minimum Gasteiger partial charge on any atom is -0.255 e. The Balaban J connectivity index is 1.94. The molecule has 1 heterocycles. The van der Waals surface area contributed by atoms with Gasteiger partial charge in [0, 0.05) is 23.9 Å². The number of halogens is 3. The Bertz CT molecular complexity index is 1990. The van der Waals surface area contributed by atoms with Crippen LogP contribution >= 0.6 is 0 Å². The van der Waals surface area contributed by atoms with Crippen LogP contribution in [0, 0.1) is 13.8 Å². The van der Waals surface area contributed by atoms with Crippen molar-refractivity contribution in [3.05, 3.63) is 90.1 Å². The van der Waals surface area contributed by atoms with Crippen molar-refractivity contribution in [2.75, 3.05) is 34.5 Å². The molecule has 0 amide bonds. The van der Waals surface area contributed by atoms with E-state index in [1.807, 2.05) is 0 Å². The number of hydrogen-bond acceptors (Lipinski definition) is 7. The highest BCUT2D eigenvalue weighted by molar-refractivity contribution is 7.93. The Morgan fingerprint density at radius 3 is 1.68 bits per heavy atom. The van der Waals surface area contributed by atoms with Gasteiger partial charge in [0.25, 0.3) is 20.0 Å². The van der Waals surface area contributed by atoms with Gasteiger partial charge in [-0.05, 0) is 38.1 Å². The number of sulfonamides is 3. The number of aromatic nitrogens is 1. The molecule has 1 N–H and O–H groups in total. The molecule has 0 atom stereocenters. The fraction of sp³-hybridized carbons (Fsp3) is 0.250. The van der Waals surface area contributed by atoms with Crippen LogP contribution in [0.1, 0.15) is 11.1 Å². The third-order valence-electron chi connectivity index (χ3n) is 6.48. The van der Waals surface area contributed by atoms with E-state index in [2.05, 4.69) is 9.71 Å². The van der Waals surface area contributed by atoms with Crippen LogP contribution in [0.4, 0.5) is 24.7 Å². The maximum absolute atomic E-state index is 13.9. The monoisotopic (exact) mass is 670 g/mol. The largest absolute Gasteiger partial charge is 0.407 e. The van der Waals surface area contributed by atoms with Crippen molar-refractivity contribution in [2.24, 2.45) is 0 Å². The lowest BCUT2D eigenvalue weighted by Gasteiger charge is -2.29. The number of benzene rings is 3. The second-order valence-corrected chi connectivity index (χ2v) is 15.6. The van der Waals surface area contributed by atoms with E-state index < -0.39 is 55.0 Å². The first-order chi connectivity index (χ1) is 20.4. The molecule has 0 unspecified atom stereocenters. The summed E-state index contributed by atoms with van der Waals surface area (Å²) in [5.74, 6) is -0.236. The summed E-state index contributed by atoms with van der Waals surface area (Å²) in [5.41, 5.74) is 1.05. The number of fused-ring (bicyclic) bond motifs is 1. The fourth-order valence-corrected chi connectivity index (χ4v) is 7.73. The first kappa shape index (κ1) is 33.2. The van der Waals surface area contributed by atoms with Crippen molar-refractivity contribution in [1.82, 2.24) is 9.71 Å². The van der Waals surface area contributed by atoms with Gasteiger partial charge in [0.1, 0.15) is 12.4 Å². The molecule has 0 spiro atoms. The normalized spacial score (nSPS) is 12.8. The van der Waals surface area contributed by atoms with Gasteiger partial charge >= 0.3 is 6.18 Å². The van der Waals surface area contributed by atoms with Crippen LogP contribution in [0.3, 0.4) is 0 Å². The number of nitrogens with zero attached hydrogens (tertiary/aromatic N) is 3. The van der Waals surface area contributed by atoms with Crippen molar-refractivity contribution in [2.45, 2.75) is 29.8 Å². The molecule has 0 bridgehead atoms. The summed E-state index contributed by atoms with van der Waals surface area (Å²) in [6.45, 7) is 0.784. The molecule has 0 aliphatic heterocycles. The number of hydrogen-bond donors (Lipinski definition) is 1. The molecule has 0 saturated heterocycles. The van der Waals surface area contributed by atoms with E-state index in [4.69, 9.17) is 0 Å². The minimum absolute atomic E-state index is 0.0197. The standard InChI is InChI=1S/C28H29F3N4O6S3/c1-20-8-12-22(13-9-20)43(38,39)34(17-16-33-42(3,36)37)27-25-7-5-4-6-24(25)26(18-32-27)35(19-28(29,30)31)44(40,41)23-14-10-21(2)11-15-23/h4-15,18,33H,16-17,19H2,1-3H3. The predicted octanol–water partition coefficient (Wildman–Crippen LogP) is 4.35. The van der Waals surface area contributed by atoms with E-state index >= 15 is 0 Å². The first-order valence-corrected chi connectivity index (χ1v) is 17.8. The third-order valence-corrected chi connectivity index (χ3v) is 10.8. The average Bonchev–Trinajstić information content (AvgIpc) is 2.93. The number of alkyl halides is 3. The van der Waals surface area contributed by atoms with Crippen molar-refractivity contribution in [3.8, 4) is 0 Å². The van der Waals surface area contributed by atoms with E-state index in [0.717, 1.165) is 22.3 Å². The summed E-state index contributed by atoms with van der Waals surface area (Å²) in [7, 11) is -12.9. The summed E-state index contributed by atoms with van der Waals surface area (Å²) in [5, 5.41) is -0.0102. The van der Waals surface area contributed by atoms with Gasteiger partial charge in [-0.2, -0.15) is 13.2 Å². The maximum atomic E-state index is 13.9. The molecule has 1 aromatic heterocycles. The fourth-order valence-electron chi connectivity index (χ4n) is 4.37. The Morgan fingerprint density at radius 2 is 1.20 bits per heavy atom. The van der Waals surface area contributed by atoms with Gasteiger partial charge in [-0.25, -0.2) is 39.3 Å². The molecule has 4 aromatic rings. The van der Waals surface area contributed by atoms with Gasteiger partial charge in [-0.15, -0.1) is 0 Å². The van der Waals surface area contributed by atoms with E-state index in [1.54, 1.807) is 26.0 Å². The van der Waals surface area contributed by atoms with Crippen LogP contribution in [0.15, 0.2) is 88.8 Å². The van der Waals surface area contributed by atoms with Gasteiger partial charge in [-0.3, -0.25) is 4.31 Å². The smallest absolute Gasteiger partial charge is 0.255 e. The second-order valence-electron chi connectivity index (χ2n) is 10.0. The zero-order chi connectivity index (χ0) is 32.5. The number of anilines is 2. The topological polar surface area (TPSA) is 134 Å². The molecule has 0 aliphatic carbocycles. The Labute approximate surface area is 254 Å². The second kappa shape index (κ2) is 12.3. The quantitative estimate of drug-likeness (QED) is 0.251. The number of pyridine rings is 1. The molecule has 16 heteroatoms. The minimum atomic E-state index is -4.95. The average molecular weight is 671 g/mol. The van der Waals surface area contributed by atoms with E-state index in [-0.39, 0.29) is 37.2 Å². The third kappa shape index (κ3) is 7.49. The summed E-state index contributed by atoms with van der Waals surface area (Å²) >= 11 is 0. The van der Waals surface area contributed by atoms with Gasteiger partial charge in [0.15, 0.2) is 0 Å². The van der Waals surface area contributed by atoms with Gasteiger partial charge < -0.3 is 0 Å². The molecule has 0 aliphatic rings. The Morgan fingerprint density at radius 1 is 0.727 bits per heavy atom. The van der Waals surface area contributed by atoms with Gasteiger partial charge in [-0.1, -0.05) is 59.7 Å². The molecule has 44 heavy (non-hydrogen) atoms. The van der Waals surface area contributed by atoms with E-state index in [1.165, 1.54) is 60.7 Å². The maximum Gasteiger partial charge on any atom is 0.407 e. The summed E-state index contributed by atoms with van der Waals surface area (Å²) in [6.07, 6.45) is -3.18. The van der Waals surface area contributed by atoms with Crippen LogP contribution in [0.2, 0.25) is 0 Å². The summed E-state index contributed by atoms with van der Waals surface area (Å²) < 4.78 is 123. The van der Waals surface area contributed by atoms with Crippen LogP contribution in [0.5, 0.6) is 0 Å². The van der Waals surface area contributed by atoms with E-state index in [9.17, 15) is 38.4 Å². The molecular weight excluding hydrogens is 642 g/mol.